The Kier molecular flexibility index (Phi) is 3.19. The lowest BCUT2D eigenvalue weighted by Crippen LogP contribution is -2.03. The highest BCUT2D eigenvalue weighted by atomic mass is 79.9. The van der Waals surface area contributed by atoms with Crippen LogP contribution in [0.5, 0.6) is 0 Å². The van der Waals surface area contributed by atoms with Crippen molar-refractivity contribution in [2.24, 2.45) is 0 Å². The molecule has 0 saturated carbocycles. The maximum absolute atomic E-state index is 11.1. The molecule has 0 aliphatic rings. The van der Waals surface area contributed by atoms with Gasteiger partial charge in [-0.05, 0) is 15.9 Å². The number of nitrogens with zero attached hydrogens (tertiary/aromatic N) is 2. The molecule has 0 atom stereocenters. The highest BCUT2D eigenvalue weighted by Gasteiger charge is 2.13. The van der Waals surface area contributed by atoms with Crippen LogP contribution in [0.2, 0.25) is 0 Å². The quantitative estimate of drug-likeness (QED) is 0.744. The third-order valence-electron chi connectivity index (χ3n) is 0.977. The molecule has 1 aromatic rings. The average molecular weight is 247 g/mol. The van der Waals surface area contributed by atoms with E-state index in [0.717, 1.165) is 0 Å². The van der Waals surface area contributed by atoms with Gasteiger partial charge in [0.2, 0.25) is 0 Å². The van der Waals surface area contributed by atoms with Crippen molar-refractivity contribution in [1.29, 1.82) is 5.26 Å². The summed E-state index contributed by atoms with van der Waals surface area (Å²) in [6, 6.07) is 1.71. The van der Waals surface area contributed by atoms with Crippen molar-refractivity contribution in [1.82, 2.24) is 4.98 Å². The lowest BCUT2D eigenvalue weighted by atomic mass is 10.6. The van der Waals surface area contributed by atoms with Crippen LogP contribution in [0.25, 0.3) is 0 Å². The summed E-state index contributed by atoms with van der Waals surface area (Å²) in [5, 5.41) is 8.13. The van der Waals surface area contributed by atoms with Crippen molar-refractivity contribution < 1.29 is 9.53 Å². The van der Waals surface area contributed by atoms with Gasteiger partial charge in [-0.1, -0.05) is 0 Å². The summed E-state index contributed by atoms with van der Waals surface area (Å²) in [4.78, 5) is 15.2. The van der Waals surface area contributed by atoms with E-state index in [1.807, 2.05) is 0 Å². The number of aromatic nitrogens is 1. The zero-order valence-electron chi connectivity index (χ0n) is 5.78. The fraction of sp³-hybridized carbons (Fsp3) is 0.167. The fourth-order valence-electron chi connectivity index (χ4n) is 0.528. The van der Waals surface area contributed by atoms with E-state index in [2.05, 4.69) is 25.7 Å². The molecule has 0 spiro atoms. The Hall–Kier alpha value is -0.930. The maximum Gasteiger partial charge on any atom is 0.352 e. The summed E-state index contributed by atoms with van der Waals surface area (Å²) in [7, 11) is 0. The predicted molar refractivity (Wildman–Crippen MR) is 45.7 cm³/mol. The second kappa shape index (κ2) is 4.18. The first kappa shape index (κ1) is 9.16. The molecule has 0 aliphatic carbocycles. The molecule has 4 nitrogen and oxygen atoms in total. The minimum Gasteiger partial charge on any atom is -0.446 e. The highest BCUT2D eigenvalue weighted by molar-refractivity contribution is 9.10. The smallest absolute Gasteiger partial charge is 0.352 e. The number of carbonyl (C=O) groups is 1. The normalized spacial score (nSPS) is 9.00. The van der Waals surface area contributed by atoms with Gasteiger partial charge in [0.05, 0.1) is 5.51 Å². The summed E-state index contributed by atoms with van der Waals surface area (Å²) in [6.07, 6.45) is 0. The highest BCUT2D eigenvalue weighted by Crippen LogP contribution is 2.19. The van der Waals surface area contributed by atoms with E-state index in [1.165, 1.54) is 16.8 Å². The van der Waals surface area contributed by atoms with Crippen LogP contribution < -0.4 is 0 Å². The molecule has 1 aromatic heterocycles. The molecule has 0 aliphatic heterocycles. The zero-order valence-corrected chi connectivity index (χ0v) is 8.18. The van der Waals surface area contributed by atoms with Crippen LogP contribution in [0.3, 0.4) is 0 Å². The van der Waals surface area contributed by atoms with Crippen molar-refractivity contribution in [3.05, 3.63) is 15.0 Å². The minimum atomic E-state index is -0.522. The fourth-order valence-corrected chi connectivity index (χ4v) is 1.78. The number of thiazole rings is 1. The van der Waals surface area contributed by atoms with Gasteiger partial charge in [-0.15, -0.1) is 11.3 Å². The largest absolute Gasteiger partial charge is 0.446 e. The summed E-state index contributed by atoms with van der Waals surface area (Å²) >= 11 is 4.24. The average Bonchev–Trinajstić information content (AvgIpc) is 2.47. The molecule has 0 unspecified atom stereocenters. The van der Waals surface area contributed by atoms with E-state index in [1.54, 1.807) is 6.07 Å². The first-order chi connectivity index (χ1) is 5.75. The molecular formula is C6H3BrN2O2S. The number of esters is 1. The van der Waals surface area contributed by atoms with E-state index in [4.69, 9.17) is 5.26 Å². The lowest BCUT2D eigenvalue weighted by Gasteiger charge is -1.95. The van der Waals surface area contributed by atoms with Crippen molar-refractivity contribution in [3.63, 3.8) is 0 Å². The van der Waals surface area contributed by atoms with Crippen LogP contribution in [0.15, 0.2) is 10.1 Å². The molecule has 12 heavy (non-hydrogen) atoms. The van der Waals surface area contributed by atoms with Gasteiger partial charge in [0, 0.05) is 0 Å². The number of carbonyl (C=O) groups excluding carboxylic acids is 1. The second-order valence-electron chi connectivity index (χ2n) is 1.71. The van der Waals surface area contributed by atoms with E-state index in [0.29, 0.717) is 9.48 Å². The van der Waals surface area contributed by atoms with Crippen LogP contribution in [-0.2, 0) is 4.74 Å². The molecule has 0 amide bonds. The number of halogens is 1. The second-order valence-corrected chi connectivity index (χ2v) is 3.31. The van der Waals surface area contributed by atoms with Crippen LogP contribution in [0, 0.1) is 11.3 Å². The summed E-state index contributed by atoms with van der Waals surface area (Å²) in [5.74, 6) is -0.522. The molecule has 0 N–H and O–H groups in total. The molecule has 1 rings (SSSR count). The van der Waals surface area contributed by atoms with Crippen molar-refractivity contribution in [2.45, 2.75) is 0 Å². The predicted octanol–water partition coefficient (Wildman–Crippen LogP) is 1.59. The van der Waals surface area contributed by atoms with Gasteiger partial charge in [-0.3, -0.25) is 0 Å². The molecule has 0 saturated heterocycles. The van der Waals surface area contributed by atoms with Gasteiger partial charge in [0.15, 0.2) is 6.61 Å². The topological polar surface area (TPSA) is 63.0 Å². The molecule has 6 heteroatoms. The van der Waals surface area contributed by atoms with E-state index < -0.39 is 5.97 Å². The van der Waals surface area contributed by atoms with Crippen molar-refractivity contribution >= 4 is 33.2 Å². The summed E-state index contributed by atoms with van der Waals surface area (Å²) < 4.78 is 5.01. The number of nitriles is 1. The Balaban J connectivity index is 2.67. The SMILES string of the molecule is N#CCOC(=O)c1scnc1Br. The van der Waals surface area contributed by atoms with Crippen LogP contribution in [-0.4, -0.2) is 17.6 Å². The van der Waals surface area contributed by atoms with Gasteiger partial charge >= 0.3 is 5.97 Å². The Labute approximate surface area is 80.9 Å². The number of hydrogen-bond donors (Lipinski definition) is 0. The summed E-state index contributed by atoms with van der Waals surface area (Å²) in [6.45, 7) is -0.233. The van der Waals surface area contributed by atoms with Crippen LogP contribution in [0.1, 0.15) is 9.67 Å². The van der Waals surface area contributed by atoms with Gasteiger partial charge in [0.25, 0.3) is 0 Å². The molecular weight excluding hydrogens is 244 g/mol. The van der Waals surface area contributed by atoms with E-state index in [-0.39, 0.29) is 6.61 Å². The number of hydrogen-bond acceptors (Lipinski definition) is 5. The molecule has 62 valence electrons. The van der Waals surface area contributed by atoms with E-state index in [9.17, 15) is 4.79 Å². The molecule has 0 fully saturated rings. The van der Waals surface area contributed by atoms with Gasteiger partial charge < -0.3 is 4.74 Å². The number of ether oxygens (including phenoxy) is 1. The first-order valence-electron chi connectivity index (χ1n) is 2.88. The standard InChI is InChI=1S/C6H3BrN2O2S/c7-5-4(12-3-9-5)6(10)11-2-1-8/h3H,2H2. The third kappa shape index (κ3) is 2.03. The van der Waals surface area contributed by atoms with Gasteiger partial charge in [-0.2, -0.15) is 5.26 Å². The first-order valence-corrected chi connectivity index (χ1v) is 4.56. The minimum absolute atomic E-state index is 0.233. The van der Waals surface area contributed by atoms with Gasteiger partial charge in [0.1, 0.15) is 15.5 Å². The third-order valence-corrected chi connectivity index (χ3v) is 2.65. The van der Waals surface area contributed by atoms with Crippen molar-refractivity contribution in [2.75, 3.05) is 6.61 Å². The molecule has 0 aromatic carbocycles. The molecule has 0 bridgehead atoms. The summed E-state index contributed by atoms with van der Waals surface area (Å²) in [5.41, 5.74) is 1.52. The number of rotatable bonds is 2. The van der Waals surface area contributed by atoms with E-state index >= 15 is 0 Å². The van der Waals surface area contributed by atoms with Crippen molar-refractivity contribution in [3.8, 4) is 6.07 Å². The zero-order chi connectivity index (χ0) is 8.97. The Morgan fingerprint density at radius 2 is 2.67 bits per heavy atom. The maximum atomic E-state index is 11.1. The van der Waals surface area contributed by atoms with Crippen LogP contribution >= 0.6 is 27.3 Å². The Morgan fingerprint density at radius 1 is 1.92 bits per heavy atom. The van der Waals surface area contributed by atoms with Crippen LogP contribution in [0.4, 0.5) is 0 Å². The van der Waals surface area contributed by atoms with Gasteiger partial charge in [-0.25, -0.2) is 9.78 Å². The monoisotopic (exact) mass is 246 g/mol. The molecule has 0 radical (unpaired) electrons. The molecule has 1 heterocycles. The Bertz CT molecular complexity index is 331. The lowest BCUT2D eigenvalue weighted by molar-refractivity contribution is 0.0559. The Morgan fingerprint density at radius 3 is 3.17 bits per heavy atom.